The van der Waals surface area contributed by atoms with Gasteiger partial charge in [-0.25, -0.2) is 9.59 Å². The van der Waals surface area contributed by atoms with E-state index in [9.17, 15) is 14.7 Å². The van der Waals surface area contributed by atoms with Crippen molar-refractivity contribution in [3.05, 3.63) is 59.8 Å². The zero-order valence-corrected chi connectivity index (χ0v) is 22.1. The molecular formula is C29H42O7. The van der Waals surface area contributed by atoms with Crippen LogP contribution in [0, 0.1) is 17.8 Å². The summed E-state index contributed by atoms with van der Waals surface area (Å²) >= 11 is 0. The fourth-order valence-corrected chi connectivity index (χ4v) is 4.53. The number of hydrogen-bond acceptors (Lipinski definition) is 5. The molecule has 0 bridgehead atoms. The van der Waals surface area contributed by atoms with Gasteiger partial charge in [-0.15, -0.1) is 0 Å². The number of hydrogen-bond donors (Lipinski definition) is 3. The summed E-state index contributed by atoms with van der Waals surface area (Å²) in [7, 11) is 0. The molecule has 7 nitrogen and oxygen atoms in total. The number of aliphatic carboxylic acids is 2. The monoisotopic (exact) mass is 502 g/mol. The smallest absolute Gasteiger partial charge is 0.328 e. The second-order valence-corrected chi connectivity index (χ2v) is 10.4. The summed E-state index contributed by atoms with van der Waals surface area (Å²) in [4.78, 5) is 21.5. The van der Waals surface area contributed by atoms with Gasteiger partial charge in [-0.2, -0.15) is 0 Å². The van der Waals surface area contributed by atoms with E-state index in [1.807, 2.05) is 25.2 Å². The number of ether oxygens (including phenoxy) is 2. The lowest BCUT2D eigenvalue weighted by atomic mass is 9.83. The molecule has 0 aliphatic carbocycles. The van der Waals surface area contributed by atoms with Gasteiger partial charge >= 0.3 is 11.9 Å². The first-order chi connectivity index (χ1) is 16.9. The van der Waals surface area contributed by atoms with Crippen LogP contribution in [0.5, 0.6) is 0 Å². The Morgan fingerprint density at radius 2 is 1.61 bits per heavy atom. The third-order valence-corrected chi connectivity index (χ3v) is 7.08. The van der Waals surface area contributed by atoms with Crippen LogP contribution in [-0.2, 0) is 19.1 Å². The maximum absolute atomic E-state index is 10.9. The summed E-state index contributed by atoms with van der Waals surface area (Å²) in [5.41, 5.74) is 1.67. The molecule has 0 aromatic rings. The molecule has 7 heteroatoms. The third-order valence-electron chi connectivity index (χ3n) is 7.08. The van der Waals surface area contributed by atoms with E-state index in [0.717, 1.165) is 43.8 Å². The van der Waals surface area contributed by atoms with Crippen LogP contribution < -0.4 is 0 Å². The van der Waals surface area contributed by atoms with Crippen LogP contribution in [0.25, 0.3) is 0 Å². The second kappa shape index (κ2) is 13.7. The number of carboxylic acids is 2. The standard InChI is InChI=1S/C29H42O7/c1-19(6-10-24(30)21(3)9-13-27(31)32)7-11-25-22(4)14-16-29(35-25)17-15-23(5)26(36-29)12-8-20(2)18-28(33)34/h6-10,12-13,18,21-26,30H,11,14-17H2,1-5H3,(H,31,32)(H,33,34)/b10-6+,12-8+,13-9+,19-7?,20-18+/t21-,22-,23-,24-,25+,26-,29+/m0/s1. The number of allylic oxidation sites excluding steroid dienone is 4. The Bertz CT molecular complexity index is 909. The molecule has 7 atom stereocenters. The van der Waals surface area contributed by atoms with Gasteiger partial charge in [0.2, 0.25) is 0 Å². The maximum Gasteiger partial charge on any atom is 0.328 e. The van der Waals surface area contributed by atoms with Crippen molar-refractivity contribution in [3.8, 4) is 0 Å². The molecule has 0 aromatic carbocycles. The van der Waals surface area contributed by atoms with Gasteiger partial charge in [0.15, 0.2) is 5.79 Å². The normalized spacial score (nSPS) is 31.9. The van der Waals surface area contributed by atoms with E-state index in [0.29, 0.717) is 17.4 Å². The molecule has 0 aromatic heterocycles. The van der Waals surface area contributed by atoms with E-state index in [-0.39, 0.29) is 18.1 Å². The zero-order chi connectivity index (χ0) is 26.9. The molecule has 3 N–H and O–H groups in total. The van der Waals surface area contributed by atoms with Crippen LogP contribution >= 0.6 is 0 Å². The van der Waals surface area contributed by atoms with E-state index in [1.165, 1.54) is 12.2 Å². The number of rotatable bonds is 10. The highest BCUT2D eigenvalue weighted by Crippen LogP contribution is 2.43. The lowest BCUT2D eigenvalue weighted by Gasteiger charge is -2.49. The fraction of sp³-hybridized carbons (Fsp3) is 0.586. The minimum absolute atomic E-state index is 0.0103. The molecule has 0 saturated carbocycles. The van der Waals surface area contributed by atoms with Gasteiger partial charge in [-0.05, 0) is 50.5 Å². The van der Waals surface area contributed by atoms with Crippen LogP contribution in [0.3, 0.4) is 0 Å². The van der Waals surface area contributed by atoms with Crippen LogP contribution in [-0.4, -0.2) is 51.4 Å². The van der Waals surface area contributed by atoms with Gasteiger partial charge in [-0.3, -0.25) is 0 Å². The van der Waals surface area contributed by atoms with Gasteiger partial charge in [0.1, 0.15) is 0 Å². The molecule has 2 saturated heterocycles. The summed E-state index contributed by atoms with van der Waals surface area (Å²) in [6.45, 7) is 9.84. The Morgan fingerprint density at radius 3 is 2.25 bits per heavy atom. The van der Waals surface area contributed by atoms with Crippen LogP contribution in [0.1, 0.15) is 66.7 Å². The van der Waals surface area contributed by atoms with Crippen molar-refractivity contribution in [1.29, 1.82) is 0 Å². The van der Waals surface area contributed by atoms with Crippen LogP contribution in [0.2, 0.25) is 0 Å². The molecule has 2 fully saturated rings. The number of carboxylic acid groups (broad SMARTS) is 2. The Morgan fingerprint density at radius 1 is 0.944 bits per heavy atom. The molecule has 1 spiro atoms. The van der Waals surface area contributed by atoms with Crippen molar-refractivity contribution in [2.24, 2.45) is 17.8 Å². The van der Waals surface area contributed by atoms with Gasteiger partial charge in [0, 0.05) is 30.9 Å². The van der Waals surface area contributed by atoms with E-state index >= 15 is 0 Å². The first-order valence-electron chi connectivity index (χ1n) is 12.8. The molecule has 0 radical (unpaired) electrons. The van der Waals surface area contributed by atoms with Crippen molar-refractivity contribution >= 4 is 11.9 Å². The molecular weight excluding hydrogens is 460 g/mol. The highest BCUT2D eigenvalue weighted by molar-refractivity contribution is 5.81. The number of aliphatic hydroxyl groups is 1. The number of aliphatic hydroxyl groups excluding tert-OH is 1. The molecule has 0 unspecified atom stereocenters. The second-order valence-electron chi connectivity index (χ2n) is 10.4. The predicted molar refractivity (Wildman–Crippen MR) is 139 cm³/mol. The van der Waals surface area contributed by atoms with E-state index < -0.39 is 23.8 Å². The Hall–Kier alpha value is -2.48. The summed E-state index contributed by atoms with van der Waals surface area (Å²) in [5, 5.41) is 27.9. The van der Waals surface area contributed by atoms with Gasteiger partial charge in [-0.1, -0.05) is 62.8 Å². The third kappa shape index (κ3) is 9.52. The Balaban J connectivity index is 2.01. The minimum Gasteiger partial charge on any atom is -0.478 e. The van der Waals surface area contributed by atoms with Crippen LogP contribution in [0.15, 0.2) is 59.8 Å². The van der Waals surface area contributed by atoms with E-state index in [2.05, 4.69) is 19.9 Å². The van der Waals surface area contributed by atoms with Crippen LogP contribution in [0.4, 0.5) is 0 Å². The quantitative estimate of drug-likeness (QED) is 0.270. The lowest BCUT2D eigenvalue weighted by Crippen LogP contribution is -2.51. The van der Waals surface area contributed by atoms with Crippen molar-refractivity contribution in [2.45, 2.75) is 90.8 Å². The first kappa shape index (κ1) is 29.7. The Labute approximate surface area is 214 Å². The molecule has 2 rings (SSSR count). The first-order valence-corrected chi connectivity index (χ1v) is 12.8. The van der Waals surface area contributed by atoms with Crippen molar-refractivity contribution in [1.82, 2.24) is 0 Å². The lowest BCUT2D eigenvalue weighted by molar-refractivity contribution is -0.323. The average Bonchev–Trinajstić information content (AvgIpc) is 2.81. The highest BCUT2D eigenvalue weighted by atomic mass is 16.7. The molecule has 2 heterocycles. The topological polar surface area (TPSA) is 113 Å². The summed E-state index contributed by atoms with van der Waals surface area (Å²) < 4.78 is 13.1. The maximum atomic E-state index is 10.9. The SMILES string of the molecule is CC(=CC[C@H]1O[C@]2(CC[C@H](C)[C@H](/C=C/C(C)=C/C(=O)O)O2)CC[C@@H]1C)/C=C/[C@H](O)[C@@H](C)/C=C/C(=O)O. The highest BCUT2D eigenvalue weighted by Gasteiger charge is 2.45. The number of carbonyl (C=O) groups is 2. The van der Waals surface area contributed by atoms with Crippen molar-refractivity contribution in [2.75, 3.05) is 0 Å². The largest absolute Gasteiger partial charge is 0.478 e. The molecule has 0 amide bonds. The van der Waals surface area contributed by atoms with E-state index in [1.54, 1.807) is 19.9 Å². The molecule has 36 heavy (non-hydrogen) atoms. The zero-order valence-electron chi connectivity index (χ0n) is 22.1. The van der Waals surface area contributed by atoms with E-state index in [4.69, 9.17) is 19.7 Å². The van der Waals surface area contributed by atoms with Crippen molar-refractivity contribution in [3.63, 3.8) is 0 Å². The minimum atomic E-state index is -1.03. The molecule has 2 aliphatic heterocycles. The summed E-state index contributed by atoms with van der Waals surface area (Å²) in [5.74, 6) is -2.22. The van der Waals surface area contributed by atoms with Gasteiger partial charge in [0.25, 0.3) is 0 Å². The van der Waals surface area contributed by atoms with Gasteiger partial charge < -0.3 is 24.8 Å². The summed E-state index contributed by atoms with van der Waals surface area (Å²) in [6, 6.07) is 0. The van der Waals surface area contributed by atoms with Crippen molar-refractivity contribution < 1.29 is 34.4 Å². The summed E-state index contributed by atoms with van der Waals surface area (Å²) in [6.07, 6.45) is 16.6. The molecule has 200 valence electrons. The Kier molecular flexibility index (Phi) is 11.3. The average molecular weight is 503 g/mol. The fourth-order valence-electron chi connectivity index (χ4n) is 4.53. The molecule has 2 aliphatic rings. The van der Waals surface area contributed by atoms with Gasteiger partial charge in [0.05, 0.1) is 18.3 Å². The predicted octanol–water partition coefficient (Wildman–Crippen LogP) is 5.43.